The fourth-order valence-electron chi connectivity index (χ4n) is 4.67. The number of aliphatic imine (C=N–C) groups is 1. The number of hydrogen-bond donors (Lipinski definition) is 2. The van der Waals surface area contributed by atoms with Crippen molar-refractivity contribution in [3.8, 4) is 11.5 Å². The predicted octanol–water partition coefficient (Wildman–Crippen LogP) is 5.03. The van der Waals surface area contributed by atoms with Gasteiger partial charge in [0.05, 0.1) is 55.1 Å². The molecular weight excluding hydrogens is 621 g/mol. The number of thiophene rings is 1. The molecule has 1 unspecified atom stereocenters. The number of fused-ring (bicyclic) bond motifs is 2. The van der Waals surface area contributed by atoms with Gasteiger partial charge in [0, 0.05) is 23.6 Å². The molecule has 1 atom stereocenters. The number of ether oxygens (including phenoxy) is 3. The smallest absolute Gasteiger partial charge is 0.337 e. The molecule has 0 bridgehead atoms. The van der Waals surface area contributed by atoms with E-state index >= 15 is 0 Å². The van der Waals surface area contributed by atoms with Crippen LogP contribution in [0.4, 0.5) is 10.1 Å². The highest BCUT2D eigenvalue weighted by Gasteiger charge is 2.24. The summed E-state index contributed by atoms with van der Waals surface area (Å²) in [5, 5.41) is 24.3. The second-order valence-electron chi connectivity index (χ2n) is 10.0. The Balaban J connectivity index is 1.28. The summed E-state index contributed by atoms with van der Waals surface area (Å²) in [5.74, 6) is -2.78. The third kappa shape index (κ3) is 7.31. The van der Waals surface area contributed by atoms with E-state index in [4.69, 9.17) is 14.2 Å². The number of esters is 1. The van der Waals surface area contributed by atoms with Gasteiger partial charge in [-0.2, -0.15) is 5.11 Å². The maximum Gasteiger partial charge on any atom is 0.337 e. The van der Waals surface area contributed by atoms with E-state index in [9.17, 15) is 28.7 Å². The Labute approximate surface area is 265 Å². The molecule has 0 saturated carbocycles. The van der Waals surface area contributed by atoms with Gasteiger partial charge in [-0.3, -0.25) is 19.4 Å². The first kappa shape index (κ1) is 32.1. The van der Waals surface area contributed by atoms with Crippen molar-refractivity contribution < 1.29 is 42.9 Å². The second-order valence-corrected chi connectivity index (χ2v) is 11.1. The third-order valence-corrected chi connectivity index (χ3v) is 8.14. The lowest BCUT2D eigenvalue weighted by molar-refractivity contribution is -0.143. The monoisotopic (exact) mass is 649 g/mol. The molecule has 0 radical (unpaired) electrons. The zero-order valence-corrected chi connectivity index (χ0v) is 25.6. The number of amides is 1. The van der Waals surface area contributed by atoms with Crippen molar-refractivity contribution in [3.63, 3.8) is 0 Å². The second kappa shape index (κ2) is 14.2. The standard InChI is InChI=1S/C31H28FN5O8S/c1-3-44-29(39)7-6-24(38)28-12-17-11-26(25(43-2)14-27(17)46-28)45-9-8-16-10-22(18(31(41)42)13-19(16)32)34-30(40)21-5-4-20-23(15-33-21)36-37-35-20/h4-5,10-14,23H,3,6-9,15H2,1-2H3,(H,34,40)(H,41,42). The van der Waals surface area contributed by atoms with Gasteiger partial charge in [-0.25, -0.2) is 9.18 Å². The van der Waals surface area contributed by atoms with Crippen LogP contribution in [0.25, 0.3) is 10.1 Å². The Bertz CT molecular complexity index is 1850. The number of nitrogens with zero attached hydrogens (tertiary/aromatic N) is 4. The van der Waals surface area contributed by atoms with Crippen LogP contribution in [-0.4, -0.2) is 73.1 Å². The Kier molecular flexibility index (Phi) is 9.91. The molecule has 1 amide bonds. The first-order valence-corrected chi connectivity index (χ1v) is 15.0. The van der Waals surface area contributed by atoms with Crippen molar-refractivity contribution in [3.05, 3.63) is 64.3 Å². The molecule has 0 aliphatic carbocycles. The van der Waals surface area contributed by atoms with Crippen molar-refractivity contribution in [2.75, 3.05) is 32.2 Å². The predicted molar refractivity (Wildman–Crippen MR) is 167 cm³/mol. The number of rotatable bonds is 13. The zero-order valence-electron chi connectivity index (χ0n) is 24.7. The SMILES string of the molecule is CCOC(=O)CCC(=O)c1cc2cc(OCCc3cc(NC(=O)C4=NCC5N=NN=C5C=C4)c(C(=O)O)cc3F)c(OC)cc2s1. The van der Waals surface area contributed by atoms with E-state index in [1.807, 2.05) is 0 Å². The molecule has 238 valence electrons. The molecule has 2 aromatic carbocycles. The number of carbonyl (C=O) groups excluding carboxylic acids is 3. The number of carboxylic acids is 1. The molecule has 3 heterocycles. The molecule has 3 aromatic rings. The van der Waals surface area contributed by atoms with Gasteiger partial charge in [-0.05, 0) is 59.5 Å². The molecule has 2 N–H and O–H groups in total. The van der Waals surface area contributed by atoms with Gasteiger partial charge in [0.15, 0.2) is 17.3 Å². The fraction of sp³-hybridized carbons (Fsp3) is 0.290. The topological polar surface area (TPSA) is 178 Å². The maximum atomic E-state index is 15.0. The van der Waals surface area contributed by atoms with Crippen LogP contribution in [0, 0.1) is 5.82 Å². The van der Waals surface area contributed by atoms with Crippen molar-refractivity contribution in [1.82, 2.24) is 0 Å². The summed E-state index contributed by atoms with van der Waals surface area (Å²) in [5.41, 5.74) is 0.145. The first-order valence-electron chi connectivity index (χ1n) is 14.2. The summed E-state index contributed by atoms with van der Waals surface area (Å²) in [7, 11) is 1.46. The van der Waals surface area contributed by atoms with Crippen LogP contribution in [-0.2, 0) is 20.7 Å². The molecule has 2 aliphatic rings. The summed E-state index contributed by atoms with van der Waals surface area (Å²) >= 11 is 1.26. The minimum absolute atomic E-state index is 0.0101. The Morgan fingerprint density at radius 1 is 1.09 bits per heavy atom. The summed E-state index contributed by atoms with van der Waals surface area (Å²) < 4.78 is 32.0. The number of carbonyl (C=O) groups is 4. The summed E-state index contributed by atoms with van der Waals surface area (Å²) in [4.78, 5) is 53.8. The van der Waals surface area contributed by atoms with Crippen molar-refractivity contribution >= 4 is 62.2 Å². The largest absolute Gasteiger partial charge is 0.493 e. The molecule has 5 rings (SSSR count). The van der Waals surface area contributed by atoms with Crippen LogP contribution in [0.15, 0.2) is 62.9 Å². The molecule has 15 heteroatoms. The van der Waals surface area contributed by atoms with Gasteiger partial charge >= 0.3 is 11.9 Å². The van der Waals surface area contributed by atoms with Crippen LogP contribution in [0.5, 0.6) is 11.5 Å². The van der Waals surface area contributed by atoms with Crippen molar-refractivity contribution in [2.45, 2.75) is 32.2 Å². The third-order valence-electron chi connectivity index (χ3n) is 7.00. The molecule has 1 aromatic heterocycles. The van der Waals surface area contributed by atoms with Gasteiger partial charge in [0.25, 0.3) is 5.91 Å². The molecule has 0 fully saturated rings. The number of methoxy groups -OCH3 is 1. The van der Waals surface area contributed by atoms with E-state index in [2.05, 4.69) is 25.7 Å². The molecular formula is C31H28FN5O8S. The lowest BCUT2D eigenvalue weighted by Crippen LogP contribution is -2.23. The molecule has 0 saturated heterocycles. The molecule has 0 spiro atoms. The Hall–Kier alpha value is -5.31. The lowest BCUT2D eigenvalue weighted by atomic mass is 10.1. The van der Waals surface area contributed by atoms with E-state index in [1.165, 1.54) is 30.6 Å². The number of ketones is 1. The number of Topliss-reactive ketones (excluding diaryl/α,β-unsaturated/α-hetero) is 1. The van der Waals surface area contributed by atoms with Crippen LogP contribution < -0.4 is 14.8 Å². The average Bonchev–Trinajstić information content (AvgIpc) is 3.61. The number of aromatic carboxylic acids is 1. The van der Waals surface area contributed by atoms with Gasteiger partial charge in [0.2, 0.25) is 0 Å². The quantitative estimate of drug-likeness (QED) is 0.191. The number of nitrogens with one attached hydrogen (secondary N) is 1. The number of halogens is 1. The Morgan fingerprint density at radius 2 is 1.91 bits per heavy atom. The van der Waals surface area contributed by atoms with Crippen molar-refractivity contribution in [1.29, 1.82) is 0 Å². The minimum atomic E-state index is -1.42. The van der Waals surface area contributed by atoms with Gasteiger partial charge in [0.1, 0.15) is 17.6 Å². The van der Waals surface area contributed by atoms with Crippen LogP contribution >= 0.6 is 11.3 Å². The van der Waals surface area contributed by atoms with Crippen LogP contribution in [0.1, 0.15) is 45.4 Å². The van der Waals surface area contributed by atoms with Gasteiger partial charge in [-0.15, -0.1) is 16.4 Å². The summed E-state index contributed by atoms with van der Waals surface area (Å²) in [6, 6.07) is 6.83. The summed E-state index contributed by atoms with van der Waals surface area (Å²) in [6.07, 6.45) is 3.03. The minimum Gasteiger partial charge on any atom is -0.493 e. The number of anilines is 1. The zero-order chi connectivity index (χ0) is 32.8. The number of hydrogen-bond acceptors (Lipinski definition) is 12. The average molecular weight is 650 g/mol. The van der Waals surface area contributed by atoms with E-state index in [0.29, 0.717) is 22.1 Å². The van der Waals surface area contributed by atoms with Crippen LogP contribution in [0.2, 0.25) is 0 Å². The van der Waals surface area contributed by atoms with Gasteiger partial charge < -0.3 is 24.6 Å². The first-order chi connectivity index (χ1) is 22.2. The lowest BCUT2D eigenvalue weighted by Gasteiger charge is -2.14. The van der Waals surface area contributed by atoms with E-state index in [1.54, 1.807) is 31.2 Å². The highest BCUT2D eigenvalue weighted by atomic mass is 32.1. The summed E-state index contributed by atoms with van der Waals surface area (Å²) in [6.45, 7) is 2.06. The molecule has 46 heavy (non-hydrogen) atoms. The molecule has 2 aliphatic heterocycles. The van der Waals surface area contributed by atoms with Gasteiger partial charge in [-0.1, -0.05) is 0 Å². The van der Waals surface area contributed by atoms with E-state index in [-0.39, 0.29) is 67.8 Å². The van der Waals surface area contributed by atoms with E-state index in [0.717, 1.165) is 16.2 Å². The van der Waals surface area contributed by atoms with E-state index < -0.39 is 29.2 Å². The number of benzene rings is 2. The van der Waals surface area contributed by atoms with Crippen molar-refractivity contribution in [2.24, 2.45) is 20.4 Å². The highest BCUT2D eigenvalue weighted by Crippen LogP contribution is 2.37. The normalized spacial score (nSPS) is 15.1. The fourth-order valence-corrected chi connectivity index (χ4v) is 5.71. The highest BCUT2D eigenvalue weighted by molar-refractivity contribution is 7.20. The van der Waals surface area contributed by atoms with Crippen LogP contribution in [0.3, 0.4) is 0 Å². The maximum absolute atomic E-state index is 15.0. The molecule has 13 nitrogen and oxygen atoms in total. The Morgan fingerprint density at radius 3 is 2.67 bits per heavy atom. The number of carboxylic acid groups (broad SMARTS) is 1.